The van der Waals surface area contributed by atoms with Crippen molar-refractivity contribution < 1.29 is 37.6 Å². The van der Waals surface area contributed by atoms with Gasteiger partial charge < -0.3 is 14.4 Å². The summed E-state index contributed by atoms with van der Waals surface area (Å²) in [6.45, 7) is 3.70. The summed E-state index contributed by atoms with van der Waals surface area (Å²) in [6.07, 6.45) is 53.4. The third-order valence-corrected chi connectivity index (χ3v) is 9.56. The van der Waals surface area contributed by atoms with Crippen molar-refractivity contribution in [1.82, 2.24) is 0 Å². The standard InChI is InChI=1S/C46H77O8P/c1-4-6-8-10-12-14-16-18-20-22-23-25-26-28-30-32-34-36-38-40-45(47)52-42-44(43-53-55(49,50)51-3)54-46(48)41-39-37-35-33-31-29-27-24-21-19-17-15-13-11-9-7-5-2/h7,9,12-15,18-21,23,25,27,29,44H,4-6,8,10-11,16-17,22,24,26,28,30-43H2,1-3H3,(H,49,50)/b9-7-,14-12-,15-13-,20-18-,21-19-,25-23-,29-27-. The number of esters is 2. The van der Waals surface area contributed by atoms with E-state index in [1.807, 2.05) is 0 Å². The van der Waals surface area contributed by atoms with E-state index in [4.69, 9.17) is 14.0 Å². The number of carbonyl (C=O) groups is 2. The number of hydrogen-bond donors (Lipinski definition) is 1. The summed E-state index contributed by atoms with van der Waals surface area (Å²) in [6, 6.07) is 0. The molecule has 0 aliphatic rings. The SMILES string of the molecule is CC/C=C\C/C=C\C/C=C\C/C=C\CCCCCCC(=O)OC(COC(=O)CCCCCCCC/C=C\C/C=C\C/C=C\CCCCC)COP(=O)(O)OC. The fourth-order valence-electron chi connectivity index (χ4n) is 5.36. The maximum absolute atomic E-state index is 12.5. The lowest BCUT2D eigenvalue weighted by molar-refractivity contribution is -0.161. The van der Waals surface area contributed by atoms with Crippen LogP contribution >= 0.6 is 7.82 Å². The first-order valence-electron chi connectivity index (χ1n) is 21.3. The molecule has 0 amide bonds. The highest BCUT2D eigenvalue weighted by Gasteiger charge is 2.24. The number of rotatable bonds is 38. The van der Waals surface area contributed by atoms with Gasteiger partial charge >= 0.3 is 19.8 Å². The summed E-state index contributed by atoms with van der Waals surface area (Å²) >= 11 is 0. The summed E-state index contributed by atoms with van der Waals surface area (Å²) in [5.41, 5.74) is 0. The second kappa shape index (κ2) is 40.9. The highest BCUT2D eigenvalue weighted by molar-refractivity contribution is 7.47. The molecule has 0 rings (SSSR count). The van der Waals surface area contributed by atoms with Gasteiger partial charge in [0.25, 0.3) is 0 Å². The van der Waals surface area contributed by atoms with Crippen LogP contribution in [0.25, 0.3) is 0 Å². The minimum atomic E-state index is -4.28. The summed E-state index contributed by atoms with van der Waals surface area (Å²) in [4.78, 5) is 34.5. The predicted octanol–water partition coefficient (Wildman–Crippen LogP) is 13.5. The molecule has 314 valence electrons. The highest BCUT2D eigenvalue weighted by atomic mass is 31.2. The van der Waals surface area contributed by atoms with Gasteiger partial charge in [-0.3, -0.25) is 18.6 Å². The van der Waals surface area contributed by atoms with Gasteiger partial charge in [-0.25, -0.2) is 4.57 Å². The molecular formula is C46H77O8P. The molecule has 0 spiro atoms. The fourth-order valence-corrected chi connectivity index (χ4v) is 5.82. The molecule has 0 bridgehead atoms. The lowest BCUT2D eigenvalue weighted by Gasteiger charge is -2.19. The van der Waals surface area contributed by atoms with Crippen LogP contribution in [0.15, 0.2) is 85.1 Å². The first kappa shape index (κ1) is 52.2. The number of phosphoric acid groups is 1. The zero-order valence-electron chi connectivity index (χ0n) is 34.8. The van der Waals surface area contributed by atoms with Crippen LogP contribution in [-0.2, 0) is 32.7 Å². The van der Waals surface area contributed by atoms with E-state index in [-0.39, 0.29) is 19.4 Å². The molecular weight excluding hydrogens is 711 g/mol. The van der Waals surface area contributed by atoms with Gasteiger partial charge in [-0.05, 0) is 89.9 Å². The van der Waals surface area contributed by atoms with Gasteiger partial charge in [-0.2, -0.15) is 0 Å². The van der Waals surface area contributed by atoms with Crippen molar-refractivity contribution >= 4 is 19.8 Å². The quantitative estimate of drug-likeness (QED) is 0.0285. The topological polar surface area (TPSA) is 108 Å². The third-order valence-electron chi connectivity index (χ3n) is 8.62. The van der Waals surface area contributed by atoms with Crippen molar-refractivity contribution in [2.45, 2.75) is 174 Å². The van der Waals surface area contributed by atoms with Crippen LogP contribution < -0.4 is 0 Å². The highest BCUT2D eigenvalue weighted by Crippen LogP contribution is 2.42. The molecule has 0 saturated heterocycles. The van der Waals surface area contributed by atoms with Crippen molar-refractivity contribution in [2.24, 2.45) is 0 Å². The Morgan fingerprint density at radius 2 is 0.927 bits per heavy atom. The Morgan fingerprint density at radius 3 is 1.38 bits per heavy atom. The van der Waals surface area contributed by atoms with Gasteiger partial charge in [0.2, 0.25) is 0 Å². The van der Waals surface area contributed by atoms with Crippen molar-refractivity contribution in [3.63, 3.8) is 0 Å². The van der Waals surface area contributed by atoms with Crippen LogP contribution in [0.4, 0.5) is 0 Å². The van der Waals surface area contributed by atoms with Crippen molar-refractivity contribution in [3.05, 3.63) is 85.1 Å². The molecule has 8 nitrogen and oxygen atoms in total. The molecule has 0 saturated carbocycles. The van der Waals surface area contributed by atoms with E-state index in [9.17, 15) is 19.0 Å². The van der Waals surface area contributed by atoms with Crippen molar-refractivity contribution in [1.29, 1.82) is 0 Å². The first-order valence-corrected chi connectivity index (χ1v) is 22.8. The minimum Gasteiger partial charge on any atom is -0.462 e. The zero-order valence-corrected chi connectivity index (χ0v) is 35.7. The second-order valence-corrected chi connectivity index (χ2v) is 15.3. The molecule has 0 aromatic heterocycles. The van der Waals surface area contributed by atoms with Crippen LogP contribution in [-0.4, -0.2) is 43.3 Å². The molecule has 0 heterocycles. The molecule has 0 aromatic rings. The number of phosphoric ester groups is 1. The first-order chi connectivity index (χ1) is 26.8. The van der Waals surface area contributed by atoms with E-state index in [1.165, 1.54) is 38.5 Å². The number of ether oxygens (including phenoxy) is 2. The van der Waals surface area contributed by atoms with Crippen LogP contribution in [0, 0.1) is 0 Å². The third kappa shape index (κ3) is 40.7. The Kier molecular flexibility index (Phi) is 38.8. The number of hydrogen-bond acceptors (Lipinski definition) is 7. The largest absolute Gasteiger partial charge is 0.472 e. The van der Waals surface area contributed by atoms with Crippen LogP contribution in [0.3, 0.4) is 0 Å². The monoisotopic (exact) mass is 789 g/mol. The number of unbranched alkanes of at least 4 members (excludes halogenated alkanes) is 13. The van der Waals surface area contributed by atoms with Crippen molar-refractivity contribution in [3.8, 4) is 0 Å². The molecule has 1 N–H and O–H groups in total. The maximum atomic E-state index is 12.5. The molecule has 0 aromatic carbocycles. The van der Waals surface area contributed by atoms with Crippen LogP contribution in [0.5, 0.6) is 0 Å². The smallest absolute Gasteiger partial charge is 0.462 e. The van der Waals surface area contributed by atoms with Gasteiger partial charge in [0.15, 0.2) is 6.10 Å². The Labute approximate surface area is 335 Å². The van der Waals surface area contributed by atoms with Gasteiger partial charge in [0.05, 0.1) is 6.61 Å². The fraction of sp³-hybridized carbons (Fsp3) is 0.652. The molecule has 55 heavy (non-hydrogen) atoms. The van der Waals surface area contributed by atoms with Crippen LogP contribution in [0.2, 0.25) is 0 Å². The van der Waals surface area contributed by atoms with E-state index in [1.54, 1.807) is 0 Å². The molecule has 9 heteroatoms. The average Bonchev–Trinajstić information content (AvgIpc) is 3.18. The Bertz CT molecular complexity index is 1170. The average molecular weight is 789 g/mol. The van der Waals surface area contributed by atoms with Gasteiger partial charge in [-0.15, -0.1) is 0 Å². The second-order valence-electron chi connectivity index (χ2n) is 13.7. The predicted molar refractivity (Wildman–Crippen MR) is 230 cm³/mol. The summed E-state index contributed by atoms with van der Waals surface area (Å²) in [7, 11) is -3.23. The zero-order chi connectivity index (χ0) is 40.3. The summed E-state index contributed by atoms with van der Waals surface area (Å²) in [5, 5.41) is 0. The maximum Gasteiger partial charge on any atom is 0.472 e. The molecule has 0 aliphatic heterocycles. The van der Waals surface area contributed by atoms with Crippen LogP contribution in [0.1, 0.15) is 168 Å². The van der Waals surface area contributed by atoms with E-state index < -0.39 is 32.5 Å². The summed E-state index contributed by atoms with van der Waals surface area (Å²) in [5.74, 6) is -0.854. The van der Waals surface area contributed by atoms with Gasteiger partial charge in [0, 0.05) is 20.0 Å². The van der Waals surface area contributed by atoms with Crippen molar-refractivity contribution in [2.75, 3.05) is 20.3 Å². The Hall–Kier alpha value is -2.77. The van der Waals surface area contributed by atoms with E-state index >= 15 is 0 Å². The van der Waals surface area contributed by atoms with Gasteiger partial charge in [-0.1, -0.05) is 150 Å². The number of carbonyl (C=O) groups excluding carboxylic acids is 2. The molecule has 0 fully saturated rings. The lowest BCUT2D eigenvalue weighted by atomic mass is 10.1. The minimum absolute atomic E-state index is 0.209. The normalized spacial score (nSPS) is 14.2. The van der Waals surface area contributed by atoms with E-state index in [0.717, 1.165) is 103 Å². The lowest BCUT2D eigenvalue weighted by Crippen LogP contribution is -2.29. The van der Waals surface area contributed by atoms with E-state index in [2.05, 4.69) is 103 Å². The molecule has 0 aliphatic carbocycles. The Morgan fingerprint density at radius 1 is 0.527 bits per heavy atom. The summed E-state index contributed by atoms with van der Waals surface area (Å²) < 4.78 is 32.0. The molecule has 0 radical (unpaired) electrons. The molecule has 2 unspecified atom stereocenters. The number of allylic oxidation sites excluding steroid dienone is 14. The van der Waals surface area contributed by atoms with E-state index in [0.29, 0.717) is 6.42 Å². The Balaban J connectivity index is 4.10. The van der Waals surface area contributed by atoms with Gasteiger partial charge in [0.1, 0.15) is 6.61 Å². The molecule has 2 atom stereocenters.